The van der Waals surface area contributed by atoms with Gasteiger partial charge in [-0.05, 0) is 44.1 Å². The van der Waals surface area contributed by atoms with Gasteiger partial charge in [0.15, 0.2) is 0 Å². The second kappa shape index (κ2) is 8.93. The third kappa shape index (κ3) is 4.43. The van der Waals surface area contributed by atoms with Crippen molar-refractivity contribution in [3.63, 3.8) is 0 Å². The van der Waals surface area contributed by atoms with Gasteiger partial charge >= 0.3 is 0 Å². The van der Waals surface area contributed by atoms with Crippen molar-refractivity contribution >= 4 is 29.1 Å². The number of piperidine rings is 1. The summed E-state index contributed by atoms with van der Waals surface area (Å²) in [5, 5.41) is 8.10. The Bertz CT molecular complexity index is 957. The smallest absolute Gasteiger partial charge is 0.236 e. The van der Waals surface area contributed by atoms with Crippen LogP contribution in [0.1, 0.15) is 37.3 Å². The Morgan fingerprint density at radius 1 is 0.966 bits per heavy atom. The Morgan fingerprint density at radius 3 is 2.62 bits per heavy atom. The van der Waals surface area contributed by atoms with Crippen molar-refractivity contribution in [2.45, 2.75) is 43.7 Å². The monoisotopic (exact) mass is 411 g/mol. The van der Waals surface area contributed by atoms with Gasteiger partial charge in [-0.2, -0.15) is 0 Å². The molecule has 2 N–H and O–H groups in total. The van der Waals surface area contributed by atoms with E-state index in [0.29, 0.717) is 12.0 Å². The normalized spacial score (nSPS) is 21.8. The van der Waals surface area contributed by atoms with Crippen LogP contribution in [0, 0.1) is 0 Å². The Balaban J connectivity index is 0.00000205. The van der Waals surface area contributed by atoms with Crippen molar-refractivity contribution in [1.29, 1.82) is 0 Å². The van der Waals surface area contributed by atoms with Crippen LogP contribution in [0.25, 0.3) is 10.9 Å². The topological polar surface area (TPSA) is 72.0 Å². The minimum Gasteiger partial charge on any atom is -0.473 e. The van der Waals surface area contributed by atoms with Crippen LogP contribution in [0.15, 0.2) is 48.8 Å². The molecule has 0 unspecified atom stereocenters. The number of para-hydroxylation sites is 1. The first-order valence-corrected chi connectivity index (χ1v) is 10.2. The SMILES string of the molecule is Cl.c1ccc2nc(N[C@H]3C[C@H](Oc4nccnc4C4CCNCC4)C3)ccc2c1. The molecular weight excluding hydrogens is 386 g/mol. The van der Waals surface area contributed by atoms with Crippen molar-refractivity contribution < 1.29 is 4.74 Å². The summed E-state index contributed by atoms with van der Waals surface area (Å²) in [7, 11) is 0. The molecule has 1 saturated heterocycles. The highest BCUT2D eigenvalue weighted by Crippen LogP contribution is 2.33. The summed E-state index contributed by atoms with van der Waals surface area (Å²) < 4.78 is 6.22. The molecule has 1 aliphatic carbocycles. The van der Waals surface area contributed by atoms with Gasteiger partial charge in [0.05, 0.1) is 5.52 Å². The first-order chi connectivity index (χ1) is 13.8. The number of aromatic nitrogens is 3. The number of ether oxygens (including phenoxy) is 1. The minimum absolute atomic E-state index is 0. The molecule has 6 nitrogen and oxygen atoms in total. The van der Waals surface area contributed by atoms with E-state index < -0.39 is 0 Å². The Kier molecular flexibility index (Phi) is 6.11. The molecule has 0 bridgehead atoms. The van der Waals surface area contributed by atoms with Crippen molar-refractivity contribution in [1.82, 2.24) is 20.3 Å². The van der Waals surface area contributed by atoms with Crippen LogP contribution < -0.4 is 15.4 Å². The Labute approximate surface area is 176 Å². The zero-order valence-electron chi connectivity index (χ0n) is 16.3. The number of hydrogen-bond acceptors (Lipinski definition) is 6. The number of anilines is 1. The number of halogens is 1. The predicted octanol–water partition coefficient (Wildman–Crippen LogP) is 3.94. The van der Waals surface area contributed by atoms with Crippen molar-refractivity contribution in [3.8, 4) is 5.88 Å². The fourth-order valence-corrected chi connectivity index (χ4v) is 4.10. The molecular formula is C22H26ClN5O. The summed E-state index contributed by atoms with van der Waals surface area (Å²) in [6.07, 6.45) is 7.80. The number of pyridine rings is 1. The lowest BCUT2D eigenvalue weighted by Gasteiger charge is -2.36. The fraction of sp³-hybridized carbons (Fsp3) is 0.409. The van der Waals surface area contributed by atoms with Crippen LogP contribution in [0.4, 0.5) is 5.82 Å². The number of nitrogens with one attached hydrogen (secondary N) is 2. The second-order valence-electron chi connectivity index (χ2n) is 7.71. The maximum absolute atomic E-state index is 6.22. The van der Waals surface area contributed by atoms with Gasteiger partial charge in [-0.3, -0.25) is 4.98 Å². The lowest BCUT2D eigenvalue weighted by Crippen LogP contribution is -2.43. The number of fused-ring (bicyclic) bond motifs is 1. The highest BCUT2D eigenvalue weighted by atomic mass is 35.5. The molecule has 0 amide bonds. The molecule has 0 spiro atoms. The molecule has 3 heterocycles. The minimum atomic E-state index is 0. The lowest BCUT2D eigenvalue weighted by atomic mass is 9.89. The van der Waals surface area contributed by atoms with Crippen LogP contribution in [-0.4, -0.2) is 40.2 Å². The average molecular weight is 412 g/mol. The van der Waals surface area contributed by atoms with Crippen LogP contribution in [-0.2, 0) is 0 Å². The Morgan fingerprint density at radius 2 is 1.76 bits per heavy atom. The maximum atomic E-state index is 6.22. The van der Waals surface area contributed by atoms with E-state index in [1.54, 1.807) is 12.4 Å². The van der Waals surface area contributed by atoms with E-state index in [2.05, 4.69) is 38.8 Å². The van der Waals surface area contributed by atoms with E-state index in [0.717, 1.165) is 67.1 Å². The lowest BCUT2D eigenvalue weighted by molar-refractivity contribution is 0.0997. The van der Waals surface area contributed by atoms with Crippen molar-refractivity contribution in [2.24, 2.45) is 0 Å². The summed E-state index contributed by atoms with van der Waals surface area (Å²) >= 11 is 0. The van der Waals surface area contributed by atoms with Crippen LogP contribution in [0.5, 0.6) is 5.88 Å². The first kappa shape index (κ1) is 19.9. The van der Waals surface area contributed by atoms with E-state index in [-0.39, 0.29) is 18.5 Å². The molecule has 2 fully saturated rings. The fourth-order valence-electron chi connectivity index (χ4n) is 4.10. The predicted molar refractivity (Wildman–Crippen MR) is 117 cm³/mol. The van der Waals surface area contributed by atoms with Gasteiger partial charge in [-0.1, -0.05) is 18.2 Å². The van der Waals surface area contributed by atoms with Crippen LogP contribution in [0.3, 0.4) is 0 Å². The molecule has 152 valence electrons. The third-order valence-corrected chi connectivity index (χ3v) is 5.74. The summed E-state index contributed by atoms with van der Waals surface area (Å²) in [5.74, 6) is 2.10. The second-order valence-corrected chi connectivity index (χ2v) is 7.71. The molecule has 0 atom stereocenters. The highest BCUT2D eigenvalue weighted by Gasteiger charge is 2.33. The number of nitrogens with zero attached hydrogens (tertiary/aromatic N) is 3. The number of benzene rings is 1. The van der Waals surface area contributed by atoms with Crippen molar-refractivity contribution in [3.05, 3.63) is 54.5 Å². The highest BCUT2D eigenvalue weighted by molar-refractivity contribution is 5.85. The van der Waals surface area contributed by atoms with E-state index >= 15 is 0 Å². The zero-order valence-corrected chi connectivity index (χ0v) is 17.1. The standard InChI is InChI=1S/C22H25N5O.ClH/c1-2-4-19-15(3-1)5-6-20(27-19)26-17-13-18(14-17)28-22-21(24-11-12-25-22)16-7-9-23-10-8-16;/h1-6,11-12,16-18,23H,7-10,13-14H2,(H,26,27);1H/t17-,18-;. The first-order valence-electron chi connectivity index (χ1n) is 10.2. The number of rotatable bonds is 5. The average Bonchev–Trinajstić information content (AvgIpc) is 2.73. The molecule has 1 aliphatic heterocycles. The van der Waals surface area contributed by atoms with E-state index in [4.69, 9.17) is 9.72 Å². The number of hydrogen-bond donors (Lipinski definition) is 2. The Hall–Kier alpha value is -2.44. The van der Waals surface area contributed by atoms with Gasteiger partial charge in [-0.25, -0.2) is 9.97 Å². The summed E-state index contributed by atoms with van der Waals surface area (Å²) in [6, 6.07) is 12.7. The molecule has 5 rings (SSSR count). The van der Waals surface area contributed by atoms with Gasteiger partial charge in [0, 0.05) is 42.6 Å². The van der Waals surface area contributed by atoms with Gasteiger partial charge < -0.3 is 15.4 Å². The van der Waals surface area contributed by atoms with E-state index in [1.807, 2.05) is 18.2 Å². The molecule has 29 heavy (non-hydrogen) atoms. The molecule has 7 heteroatoms. The summed E-state index contributed by atoms with van der Waals surface area (Å²) in [5.41, 5.74) is 2.04. The molecule has 2 aliphatic rings. The van der Waals surface area contributed by atoms with Crippen LogP contribution >= 0.6 is 12.4 Å². The molecule has 2 aromatic heterocycles. The van der Waals surface area contributed by atoms with Gasteiger partial charge in [0.2, 0.25) is 5.88 Å². The molecule has 0 radical (unpaired) electrons. The van der Waals surface area contributed by atoms with Crippen LogP contribution in [0.2, 0.25) is 0 Å². The molecule has 3 aromatic rings. The molecule has 1 aromatic carbocycles. The van der Waals surface area contributed by atoms with Crippen molar-refractivity contribution in [2.75, 3.05) is 18.4 Å². The maximum Gasteiger partial charge on any atom is 0.236 e. The summed E-state index contributed by atoms with van der Waals surface area (Å²) in [6.45, 7) is 2.07. The molecule has 1 saturated carbocycles. The third-order valence-electron chi connectivity index (χ3n) is 5.74. The zero-order chi connectivity index (χ0) is 18.8. The van der Waals surface area contributed by atoms with Gasteiger partial charge in [0.1, 0.15) is 17.6 Å². The largest absolute Gasteiger partial charge is 0.473 e. The van der Waals surface area contributed by atoms with Gasteiger partial charge in [-0.15, -0.1) is 12.4 Å². The van der Waals surface area contributed by atoms with E-state index in [9.17, 15) is 0 Å². The quantitative estimate of drug-likeness (QED) is 0.662. The van der Waals surface area contributed by atoms with E-state index in [1.165, 1.54) is 0 Å². The summed E-state index contributed by atoms with van der Waals surface area (Å²) in [4.78, 5) is 13.8. The van der Waals surface area contributed by atoms with Gasteiger partial charge in [0.25, 0.3) is 0 Å².